The van der Waals surface area contributed by atoms with Crippen LogP contribution in [-0.4, -0.2) is 24.2 Å². The Labute approximate surface area is 65.0 Å². The van der Waals surface area contributed by atoms with Crippen molar-refractivity contribution in [3.63, 3.8) is 0 Å². The molecule has 0 aromatic carbocycles. The standard InChI is InChI=1S/C7H10N2O2/c1-7(2,9-6-11)3-4-8-5-10/h3-4H2,1-2H3. The molecule has 0 bridgehead atoms. The van der Waals surface area contributed by atoms with Gasteiger partial charge in [0.05, 0.1) is 12.1 Å². The topological polar surface area (TPSA) is 58.9 Å². The Morgan fingerprint density at radius 3 is 2.36 bits per heavy atom. The summed E-state index contributed by atoms with van der Waals surface area (Å²) in [5.74, 6) is 0. The summed E-state index contributed by atoms with van der Waals surface area (Å²) in [5, 5.41) is 0. The Morgan fingerprint density at radius 1 is 1.27 bits per heavy atom. The van der Waals surface area contributed by atoms with Gasteiger partial charge in [0.25, 0.3) is 0 Å². The van der Waals surface area contributed by atoms with Crippen molar-refractivity contribution in [3.8, 4) is 0 Å². The smallest absolute Gasteiger partial charge is 0.211 e. The number of rotatable bonds is 4. The average molecular weight is 154 g/mol. The lowest BCUT2D eigenvalue weighted by Gasteiger charge is -2.14. The molecule has 4 heteroatoms. The van der Waals surface area contributed by atoms with Crippen LogP contribution >= 0.6 is 0 Å². The molecule has 0 aromatic heterocycles. The zero-order valence-corrected chi connectivity index (χ0v) is 6.63. The van der Waals surface area contributed by atoms with Crippen LogP contribution in [-0.2, 0) is 9.59 Å². The summed E-state index contributed by atoms with van der Waals surface area (Å²) in [6.45, 7) is 3.90. The van der Waals surface area contributed by atoms with Crippen LogP contribution in [0.25, 0.3) is 0 Å². The van der Waals surface area contributed by atoms with Crippen LogP contribution in [0.4, 0.5) is 0 Å². The zero-order valence-electron chi connectivity index (χ0n) is 6.63. The van der Waals surface area contributed by atoms with Crippen molar-refractivity contribution < 1.29 is 9.59 Å². The highest BCUT2D eigenvalue weighted by Gasteiger charge is 2.14. The summed E-state index contributed by atoms with van der Waals surface area (Å²) in [7, 11) is 0. The van der Waals surface area contributed by atoms with E-state index in [9.17, 15) is 9.59 Å². The van der Waals surface area contributed by atoms with Crippen LogP contribution in [0.2, 0.25) is 0 Å². The Bertz CT molecular complexity index is 210. The molecule has 0 saturated carbocycles. The van der Waals surface area contributed by atoms with Gasteiger partial charge in [-0.15, -0.1) is 0 Å². The molecule has 4 nitrogen and oxygen atoms in total. The molecule has 0 fully saturated rings. The predicted molar refractivity (Wildman–Crippen MR) is 39.8 cm³/mol. The summed E-state index contributed by atoms with van der Waals surface area (Å²) in [5.41, 5.74) is -0.470. The normalized spacial score (nSPS) is 9.64. The summed E-state index contributed by atoms with van der Waals surface area (Å²) < 4.78 is 0. The van der Waals surface area contributed by atoms with E-state index in [-0.39, 0.29) is 0 Å². The van der Waals surface area contributed by atoms with E-state index in [4.69, 9.17) is 0 Å². The molecule has 0 aliphatic rings. The molecular formula is C7H10N2O2. The molecule has 11 heavy (non-hydrogen) atoms. The lowest BCUT2D eigenvalue weighted by molar-refractivity contribution is 0.475. The average Bonchev–Trinajstić information content (AvgIpc) is 1.87. The first-order chi connectivity index (χ1) is 5.12. The third-order valence-corrected chi connectivity index (χ3v) is 1.25. The van der Waals surface area contributed by atoms with Gasteiger partial charge in [-0.25, -0.2) is 14.6 Å². The minimum absolute atomic E-state index is 0.349. The van der Waals surface area contributed by atoms with Gasteiger partial charge in [0.1, 0.15) is 0 Å². The van der Waals surface area contributed by atoms with Crippen molar-refractivity contribution in [1.82, 2.24) is 0 Å². The highest BCUT2D eigenvalue weighted by molar-refractivity contribution is 5.34. The number of hydrogen-bond acceptors (Lipinski definition) is 4. The number of hydrogen-bond donors (Lipinski definition) is 0. The highest BCUT2D eigenvalue weighted by atomic mass is 16.1. The second kappa shape index (κ2) is 4.56. The second-order valence-electron chi connectivity index (χ2n) is 2.74. The van der Waals surface area contributed by atoms with Crippen molar-refractivity contribution in [2.24, 2.45) is 9.98 Å². The van der Waals surface area contributed by atoms with E-state index < -0.39 is 5.54 Å². The van der Waals surface area contributed by atoms with E-state index in [0.717, 1.165) is 0 Å². The summed E-state index contributed by atoms with van der Waals surface area (Å²) >= 11 is 0. The molecule has 0 unspecified atom stereocenters. The summed E-state index contributed by atoms with van der Waals surface area (Å²) in [6.07, 6.45) is 3.44. The molecule has 0 rings (SSSR count). The highest BCUT2D eigenvalue weighted by Crippen LogP contribution is 2.12. The lowest BCUT2D eigenvalue weighted by atomic mass is 10.0. The minimum atomic E-state index is -0.470. The number of carbonyl (C=O) groups excluding carboxylic acids is 2. The maximum atomic E-state index is 9.85. The third kappa shape index (κ3) is 5.22. The molecule has 0 atom stereocenters. The van der Waals surface area contributed by atoms with E-state index in [1.54, 1.807) is 13.8 Å². The van der Waals surface area contributed by atoms with Gasteiger partial charge in [0.15, 0.2) is 0 Å². The fourth-order valence-electron chi connectivity index (χ4n) is 0.555. The van der Waals surface area contributed by atoms with E-state index in [1.807, 2.05) is 0 Å². The van der Waals surface area contributed by atoms with E-state index in [0.29, 0.717) is 13.0 Å². The van der Waals surface area contributed by atoms with Gasteiger partial charge in [-0.1, -0.05) is 0 Å². The molecule has 0 amide bonds. The quantitative estimate of drug-likeness (QED) is 0.444. The third-order valence-electron chi connectivity index (χ3n) is 1.25. The van der Waals surface area contributed by atoms with E-state index >= 15 is 0 Å². The monoisotopic (exact) mass is 154 g/mol. The maximum absolute atomic E-state index is 9.85. The molecule has 0 aliphatic carbocycles. The van der Waals surface area contributed by atoms with Gasteiger partial charge >= 0.3 is 0 Å². The van der Waals surface area contributed by atoms with Crippen molar-refractivity contribution in [2.75, 3.05) is 6.54 Å². The Morgan fingerprint density at radius 2 is 1.91 bits per heavy atom. The van der Waals surface area contributed by atoms with Gasteiger partial charge in [-0.05, 0) is 20.3 Å². The largest absolute Gasteiger partial charge is 0.235 e. The van der Waals surface area contributed by atoms with Crippen molar-refractivity contribution in [2.45, 2.75) is 25.8 Å². The number of aliphatic imine (C=N–C) groups is 2. The van der Waals surface area contributed by atoms with Crippen molar-refractivity contribution in [1.29, 1.82) is 0 Å². The molecule has 60 valence electrons. The maximum Gasteiger partial charge on any atom is 0.235 e. The minimum Gasteiger partial charge on any atom is -0.211 e. The van der Waals surface area contributed by atoms with Gasteiger partial charge in [-0.2, -0.15) is 4.99 Å². The number of nitrogens with zero attached hydrogens (tertiary/aromatic N) is 2. The Balaban J connectivity index is 3.90. The molecule has 0 heterocycles. The molecule has 0 N–H and O–H groups in total. The first-order valence-electron chi connectivity index (χ1n) is 3.25. The lowest BCUT2D eigenvalue weighted by Crippen LogP contribution is -2.17. The fraction of sp³-hybridized carbons (Fsp3) is 0.714. The van der Waals surface area contributed by atoms with Gasteiger partial charge in [0, 0.05) is 0 Å². The van der Waals surface area contributed by atoms with Gasteiger partial charge < -0.3 is 0 Å². The van der Waals surface area contributed by atoms with Crippen LogP contribution in [0.5, 0.6) is 0 Å². The molecule has 0 spiro atoms. The van der Waals surface area contributed by atoms with Crippen LogP contribution in [0.1, 0.15) is 20.3 Å². The van der Waals surface area contributed by atoms with Gasteiger partial charge in [-0.3, -0.25) is 0 Å². The first kappa shape index (κ1) is 9.76. The predicted octanol–water partition coefficient (Wildman–Crippen LogP) is 0.827. The SMILES string of the molecule is CC(C)(CCN=C=O)N=C=O. The zero-order chi connectivity index (χ0) is 8.74. The molecule has 0 radical (unpaired) electrons. The Hall–Kier alpha value is -1.24. The first-order valence-corrected chi connectivity index (χ1v) is 3.25. The Kier molecular flexibility index (Phi) is 4.04. The second-order valence-corrected chi connectivity index (χ2v) is 2.74. The van der Waals surface area contributed by atoms with Crippen LogP contribution in [0, 0.1) is 0 Å². The van der Waals surface area contributed by atoms with Crippen molar-refractivity contribution >= 4 is 12.2 Å². The molecular weight excluding hydrogens is 144 g/mol. The van der Waals surface area contributed by atoms with Gasteiger partial charge in [0.2, 0.25) is 12.2 Å². The van der Waals surface area contributed by atoms with Crippen LogP contribution < -0.4 is 0 Å². The molecule has 0 aliphatic heterocycles. The fourth-order valence-corrected chi connectivity index (χ4v) is 0.555. The van der Waals surface area contributed by atoms with E-state index in [1.165, 1.54) is 12.2 Å². The van der Waals surface area contributed by atoms with Crippen molar-refractivity contribution in [3.05, 3.63) is 0 Å². The van der Waals surface area contributed by atoms with E-state index in [2.05, 4.69) is 9.98 Å². The molecule has 0 aromatic rings. The summed E-state index contributed by atoms with van der Waals surface area (Å²) in [6, 6.07) is 0. The number of isocyanates is 2. The summed E-state index contributed by atoms with van der Waals surface area (Å²) in [4.78, 5) is 26.4. The molecule has 0 saturated heterocycles. The van der Waals surface area contributed by atoms with Crippen LogP contribution in [0.15, 0.2) is 9.98 Å². The van der Waals surface area contributed by atoms with Crippen LogP contribution in [0.3, 0.4) is 0 Å².